The van der Waals surface area contributed by atoms with Gasteiger partial charge in [-0.15, -0.1) is 0 Å². The maximum Gasteiger partial charge on any atom is 0.221 e. The number of aryl methyl sites for hydroxylation is 2. The molecule has 0 saturated carbocycles. The van der Waals surface area contributed by atoms with Crippen molar-refractivity contribution in [2.75, 3.05) is 0 Å². The number of carbonyl (C=O) groups is 1. The van der Waals surface area contributed by atoms with Gasteiger partial charge in [-0.1, -0.05) is 36.4 Å². The summed E-state index contributed by atoms with van der Waals surface area (Å²) in [7, 11) is 1.93. The van der Waals surface area contributed by atoms with Gasteiger partial charge in [0.2, 0.25) is 5.91 Å². The number of aromatic nitrogens is 3. The van der Waals surface area contributed by atoms with Crippen LogP contribution in [-0.4, -0.2) is 20.4 Å². The lowest BCUT2D eigenvalue weighted by molar-refractivity contribution is -0.121. The third kappa shape index (κ3) is 3.87. The minimum absolute atomic E-state index is 0.00825. The van der Waals surface area contributed by atoms with Gasteiger partial charge >= 0.3 is 0 Å². The number of imidazole rings is 1. The molecule has 0 aliphatic rings. The lowest BCUT2D eigenvalue weighted by atomic mass is 10.00. The molecule has 0 bridgehead atoms. The fourth-order valence-electron chi connectivity index (χ4n) is 2.65. The van der Waals surface area contributed by atoms with Gasteiger partial charge in [-0.2, -0.15) is 0 Å². The summed E-state index contributed by atoms with van der Waals surface area (Å²) in [5, 5.41) is 3.12. The molecular formula is C19H20N4O. The molecule has 0 saturated heterocycles. The van der Waals surface area contributed by atoms with Crippen molar-refractivity contribution in [3.63, 3.8) is 0 Å². The number of rotatable bonds is 6. The molecule has 1 amide bonds. The first kappa shape index (κ1) is 15.9. The molecule has 122 valence electrons. The van der Waals surface area contributed by atoms with Crippen LogP contribution in [0.2, 0.25) is 0 Å². The van der Waals surface area contributed by atoms with Gasteiger partial charge in [0, 0.05) is 37.8 Å². The number of benzene rings is 1. The molecule has 1 unspecified atom stereocenters. The summed E-state index contributed by atoms with van der Waals surface area (Å²) in [6, 6.07) is 13.6. The molecule has 2 aromatic heterocycles. The maximum atomic E-state index is 12.4. The molecule has 0 radical (unpaired) electrons. The zero-order chi connectivity index (χ0) is 16.8. The topological polar surface area (TPSA) is 59.8 Å². The van der Waals surface area contributed by atoms with Gasteiger partial charge in [0.05, 0.1) is 12.4 Å². The highest BCUT2D eigenvalue weighted by atomic mass is 16.1. The lowest BCUT2D eigenvalue weighted by Gasteiger charge is -2.19. The van der Waals surface area contributed by atoms with Crippen LogP contribution in [0.5, 0.6) is 0 Å². The van der Waals surface area contributed by atoms with Crippen molar-refractivity contribution in [1.29, 1.82) is 0 Å². The Morgan fingerprint density at radius 2 is 1.88 bits per heavy atom. The minimum Gasteiger partial charge on any atom is -0.345 e. The van der Waals surface area contributed by atoms with Crippen LogP contribution < -0.4 is 5.32 Å². The van der Waals surface area contributed by atoms with Crippen LogP contribution >= 0.6 is 0 Å². The van der Waals surface area contributed by atoms with Gasteiger partial charge in [-0.05, 0) is 23.6 Å². The zero-order valence-corrected chi connectivity index (χ0v) is 13.6. The highest BCUT2D eigenvalue weighted by Crippen LogP contribution is 2.21. The molecule has 1 aromatic carbocycles. The Kier molecular flexibility index (Phi) is 5.01. The van der Waals surface area contributed by atoms with Crippen molar-refractivity contribution >= 4 is 5.91 Å². The van der Waals surface area contributed by atoms with Gasteiger partial charge in [-0.25, -0.2) is 4.98 Å². The number of nitrogens with one attached hydrogen (secondary N) is 1. The second-order valence-electron chi connectivity index (χ2n) is 5.69. The Hall–Kier alpha value is -2.95. The van der Waals surface area contributed by atoms with Crippen LogP contribution in [0.4, 0.5) is 0 Å². The quantitative estimate of drug-likeness (QED) is 0.759. The third-order valence-electron chi connectivity index (χ3n) is 3.98. The normalized spacial score (nSPS) is 11.9. The predicted molar refractivity (Wildman–Crippen MR) is 92.2 cm³/mol. The average Bonchev–Trinajstić information content (AvgIpc) is 3.04. The summed E-state index contributed by atoms with van der Waals surface area (Å²) >= 11 is 0. The second-order valence-corrected chi connectivity index (χ2v) is 5.69. The molecule has 2 heterocycles. The van der Waals surface area contributed by atoms with Crippen molar-refractivity contribution < 1.29 is 4.79 Å². The first-order valence-electron chi connectivity index (χ1n) is 7.93. The molecule has 0 fully saturated rings. The highest BCUT2D eigenvalue weighted by molar-refractivity contribution is 5.77. The fourth-order valence-corrected chi connectivity index (χ4v) is 2.65. The molecule has 1 atom stereocenters. The van der Waals surface area contributed by atoms with Crippen LogP contribution in [0.1, 0.15) is 29.3 Å². The van der Waals surface area contributed by atoms with E-state index in [9.17, 15) is 4.79 Å². The number of carbonyl (C=O) groups excluding carboxylic acids is 1. The van der Waals surface area contributed by atoms with Crippen molar-refractivity contribution in [3.8, 4) is 0 Å². The monoisotopic (exact) mass is 320 g/mol. The van der Waals surface area contributed by atoms with E-state index >= 15 is 0 Å². The SMILES string of the molecule is Cn1cncc1CCC(=O)NC(c1ccccc1)c1cccnc1. The van der Waals surface area contributed by atoms with E-state index in [-0.39, 0.29) is 11.9 Å². The van der Waals surface area contributed by atoms with E-state index in [0.717, 1.165) is 16.8 Å². The zero-order valence-electron chi connectivity index (χ0n) is 13.6. The van der Waals surface area contributed by atoms with E-state index in [4.69, 9.17) is 0 Å². The van der Waals surface area contributed by atoms with E-state index in [0.29, 0.717) is 12.8 Å². The number of amides is 1. The Morgan fingerprint density at radius 1 is 1.08 bits per heavy atom. The van der Waals surface area contributed by atoms with Crippen LogP contribution in [0.25, 0.3) is 0 Å². The van der Waals surface area contributed by atoms with Gasteiger partial charge in [0.25, 0.3) is 0 Å². The lowest BCUT2D eigenvalue weighted by Crippen LogP contribution is -2.29. The summed E-state index contributed by atoms with van der Waals surface area (Å²) in [5.74, 6) is 0.00825. The fraction of sp³-hybridized carbons (Fsp3) is 0.211. The van der Waals surface area contributed by atoms with Crippen molar-refractivity contribution in [1.82, 2.24) is 19.9 Å². The summed E-state index contributed by atoms with van der Waals surface area (Å²) in [5.41, 5.74) is 3.06. The van der Waals surface area contributed by atoms with Crippen LogP contribution in [0.3, 0.4) is 0 Å². The van der Waals surface area contributed by atoms with Crippen molar-refractivity contribution in [3.05, 3.63) is 84.2 Å². The Balaban J connectivity index is 1.72. The van der Waals surface area contributed by atoms with Crippen molar-refractivity contribution in [2.45, 2.75) is 18.9 Å². The maximum absolute atomic E-state index is 12.4. The molecule has 24 heavy (non-hydrogen) atoms. The number of pyridine rings is 1. The first-order valence-corrected chi connectivity index (χ1v) is 7.93. The first-order chi connectivity index (χ1) is 11.7. The highest BCUT2D eigenvalue weighted by Gasteiger charge is 2.17. The summed E-state index contributed by atoms with van der Waals surface area (Å²) in [6.45, 7) is 0. The standard InChI is InChI=1S/C19H20N4O/c1-23-14-21-13-17(23)9-10-18(24)22-19(15-6-3-2-4-7-15)16-8-5-11-20-12-16/h2-8,11-14,19H,9-10H2,1H3,(H,22,24). The predicted octanol–water partition coefficient (Wildman–Crippen LogP) is 2.65. The molecular weight excluding hydrogens is 300 g/mol. The van der Waals surface area contributed by atoms with E-state index < -0.39 is 0 Å². The van der Waals surface area contributed by atoms with E-state index in [1.165, 1.54) is 0 Å². The third-order valence-corrected chi connectivity index (χ3v) is 3.98. The molecule has 3 rings (SSSR count). The molecule has 1 N–H and O–H groups in total. The molecule has 5 nitrogen and oxygen atoms in total. The van der Waals surface area contributed by atoms with Gasteiger partial charge in [0.15, 0.2) is 0 Å². The van der Waals surface area contributed by atoms with Gasteiger partial charge in [0.1, 0.15) is 0 Å². The summed E-state index contributed by atoms with van der Waals surface area (Å²) in [6.07, 6.45) is 8.15. The van der Waals surface area contributed by atoms with E-state index in [2.05, 4.69) is 15.3 Å². The molecule has 5 heteroatoms. The number of hydrogen-bond acceptors (Lipinski definition) is 3. The Bertz CT molecular complexity index is 744. The second kappa shape index (κ2) is 7.55. The smallest absolute Gasteiger partial charge is 0.221 e. The van der Waals surface area contributed by atoms with Crippen molar-refractivity contribution in [2.24, 2.45) is 7.05 Å². The summed E-state index contributed by atoms with van der Waals surface area (Å²) in [4.78, 5) is 20.7. The van der Waals surface area contributed by atoms with E-state index in [1.807, 2.05) is 54.1 Å². The van der Waals surface area contributed by atoms with Gasteiger partial charge in [-0.3, -0.25) is 9.78 Å². The van der Waals surface area contributed by atoms with Crippen LogP contribution in [0, 0.1) is 0 Å². The number of hydrogen-bond donors (Lipinski definition) is 1. The van der Waals surface area contributed by atoms with E-state index in [1.54, 1.807) is 24.9 Å². The molecule has 0 aliphatic heterocycles. The molecule has 0 aliphatic carbocycles. The Labute approximate surface area is 141 Å². The Morgan fingerprint density at radius 3 is 2.54 bits per heavy atom. The minimum atomic E-state index is -0.195. The average molecular weight is 320 g/mol. The molecule has 3 aromatic rings. The van der Waals surface area contributed by atoms with Crippen LogP contribution in [0.15, 0.2) is 67.4 Å². The van der Waals surface area contributed by atoms with Crippen LogP contribution in [-0.2, 0) is 18.3 Å². The largest absolute Gasteiger partial charge is 0.345 e. The molecule has 0 spiro atoms. The number of nitrogens with zero attached hydrogens (tertiary/aromatic N) is 3. The summed E-state index contributed by atoms with van der Waals surface area (Å²) < 4.78 is 1.93. The van der Waals surface area contributed by atoms with Gasteiger partial charge < -0.3 is 9.88 Å².